The van der Waals surface area contributed by atoms with Crippen molar-refractivity contribution in [1.82, 2.24) is 9.88 Å². The predicted molar refractivity (Wildman–Crippen MR) is 103 cm³/mol. The van der Waals surface area contributed by atoms with Crippen LogP contribution in [0.1, 0.15) is 28.3 Å². The number of halogens is 1. The van der Waals surface area contributed by atoms with Crippen LogP contribution in [0.2, 0.25) is 5.02 Å². The maximum Gasteiger partial charge on any atom is 0.340 e. The number of thiazole rings is 1. The lowest BCUT2D eigenvalue weighted by Gasteiger charge is -2.23. The van der Waals surface area contributed by atoms with Gasteiger partial charge in [0.15, 0.2) is 6.61 Å². The average molecular weight is 389 g/mol. The Balaban J connectivity index is 1.63. The van der Waals surface area contributed by atoms with Crippen LogP contribution in [-0.4, -0.2) is 35.4 Å². The van der Waals surface area contributed by atoms with Crippen LogP contribution in [0.15, 0.2) is 48.5 Å². The van der Waals surface area contributed by atoms with E-state index in [0.717, 1.165) is 15.2 Å². The molecule has 26 heavy (non-hydrogen) atoms. The molecule has 3 rings (SSSR count). The van der Waals surface area contributed by atoms with Gasteiger partial charge in [-0.1, -0.05) is 35.9 Å². The van der Waals surface area contributed by atoms with E-state index in [1.165, 1.54) is 4.90 Å². The lowest BCUT2D eigenvalue weighted by atomic mass is 10.2. The molecular weight excluding hydrogens is 372 g/mol. The van der Waals surface area contributed by atoms with E-state index in [1.54, 1.807) is 42.6 Å². The van der Waals surface area contributed by atoms with Gasteiger partial charge in [0.1, 0.15) is 5.01 Å². The van der Waals surface area contributed by atoms with Gasteiger partial charge < -0.3 is 9.64 Å². The van der Waals surface area contributed by atoms with E-state index in [9.17, 15) is 9.59 Å². The van der Waals surface area contributed by atoms with Gasteiger partial charge in [0.2, 0.25) is 0 Å². The van der Waals surface area contributed by atoms with Gasteiger partial charge in [-0.2, -0.15) is 0 Å². The van der Waals surface area contributed by atoms with Crippen LogP contribution in [0.25, 0.3) is 10.2 Å². The summed E-state index contributed by atoms with van der Waals surface area (Å²) in [6.07, 6.45) is 0. The van der Waals surface area contributed by atoms with E-state index in [4.69, 9.17) is 16.3 Å². The first-order valence-corrected chi connectivity index (χ1v) is 9.19. The van der Waals surface area contributed by atoms with Crippen molar-refractivity contribution in [3.63, 3.8) is 0 Å². The third-order valence-corrected chi connectivity index (χ3v) is 5.60. The van der Waals surface area contributed by atoms with Crippen molar-refractivity contribution in [2.24, 2.45) is 0 Å². The lowest BCUT2D eigenvalue weighted by molar-refractivity contribution is -0.135. The maximum absolute atomic E-state index is 12.4. The molecule has 1 atom stereocenters. The number of hydrogen-bond donors (Lipinski definition) is 0. The number of aromatic nitrogens is 1. The minimum atomic E-state index is -0.620. The highest BCUT2D eigenvalue weighted by Gasteiger charge is 2.22. The van der Waals surface area contributed by atoms with Crippen LogP contribution in [0.3, 0.4) is 0 Å². The molecule has 0 aliphatic rings. The molecule has 0 saturated carbocycles. The van der Waals surface area contributed by atoms with Gasteiger partial charge in [-0.25, -0.2) is 9.78 Å². The fourth-order valence-corrected chi connectivity index (χ4v) is 3.66. The van der Waals surface area contributed by atoms with Gasteiger partial charge in [-0.3, -0.25) is 4.79 Å². The van der Waals surface area contributed by atoms with Crippen molar-refractivity contribution in [3.8, 4) is 0 Å². The van der Waals surface area contributed by atoms with Crippen molar-refractivity contribution >= 4 is 45.0 Å². The third-order valence-electron chi connectivity index (χ3n) is 4.06. The molecule has 1 heterocycles. The number of hydrogen-bond acceptors (Lipinski definition) is 5. The Kier molecular flexibility index (Phi) is 5.54. The molecule has 0 N–H and O–H groups in total. The summed E-state index contributed by atoms with van der Waals surface area (Å²) in [4.78, 5) is 30.5. The van der Waals surface area contributed by atoms with Gasteiger partial charge in [0.25, 0.3) is 5.91 Å². The number of nitrogens with zero attached hydrogens (tertiary/aromatic N) is 2. The topological polar surface area (TPSA) is 59.5 Å². The van der Waals surface area contributed by atoms with E-state index in [2.05, 4.69) is 4.98 Å². The SMILES string of the molecule is C[C@@H](c1nc2ccccc2s1)N(C)C(=O)COC(=O)c1ccccc1Cl. The highest BCUT2D eigenvalue weighted by molar-refractivity contribution is 7.18. The summed E-state index contributed by atoms with van der Waals surface area (Å²) in [6.45, 7) is 1.54. The Hall–Kier alpha value is -2.44. The maximum atomic E-state index is 12.4. The molecule has 3 aromatic rings. The normalized spacial score (nSPS) is 12.0. The van der Waals surface area contributed by atoms with E-state index >= 15 is 0 Å². The number of fused-ring (bicyclic) bond motifs is 1. The number of rotatable bonds is 5. The number of carbonyl (C=O) groups is 2. The van der Waals surface area contributed by atoms with E-state index in [1.807, 2.05) is 31.2 Å². The molecule has 0 saturated heterocycles. The molecule has 0 aliphatic heterocycles. The molecule has 0 fully saturated rings. The van der Waals surface area contributed by atoms with Crippen molar-refractivity contribution in [1.29, 1.82) is 0 Å². The summed E-state index contributed by atoms with van der Waals surface area (Å²) in [5.41, 5.74) is 1.15. The zero-order valence-electron chi connectivity index (χ0n) is 14.3. The largest absolute Gasteiger partial charge is 0.452 e. The number of carbonyl (C=O) groups excluding carboxylic acids is 2. The molecule has 0 bridgehead atoms. The van der Waals surface area contributed by atoms with Crippen LogP contribution < -0.4 is 0 Å². The van der Waals surface area contributed by atoms with E-state index in [-0.39, 0.29) is 24.1 Å². The summed E-state index contributed by atoms with van der Waals surface area (Å²) in [5, 5.41) is 1.13. The first-order valence-electron chi connectivity index (χ1n) is 8.00. The molecule has 0 spiro atoms. The standard InChI is InChI=1S/C19H17ClN2O3S/c1-12(18-21-15-9-5-6-10-16(15)26-18)22(2)17(23)11-25-19(24)13-7-3-4-8-14(13)20/h3-10,12H,11H2,1-2H3/t12-/m0/s1. The number of likely N-dealkylation sites (N-methyl/N-ethyl adjacent to an activating group) is 1. The zero-order chi connectivity index (χ0) is 18.7. The Morgan fingerprint density at radius 1 is 1.19 bits per heavy atom. The van der Waals surface area contributed by atoms with Crippen LogP contribution in [0.5, 0.6) is 0 Å². The fraction of sp³-hybridized carbons (Fsp3) is 0.211. The summed E-state index contributed by atoms with van der Waals surface area (Å²) in [5.74, 6) is -0.929. The third kappa shape index (κ3) is 3.86. The molecule has 1 amide bonds. The van der Waals surface area contributed by atoms with Gasteiger partial charge in [0, 0.05) is 7.05 Å². The average Bonchev–Trinajstić information content (AvgIpc) is 3.09. The Bertz CT molecular complexity index is 924. The molecular formula is C19H17ClN2O3S. The molecule has 134 valence electrons. The van der Waals surface area contributed by atoms with Crippen LogP contribution in [-0.2, 0) is 9.53 Å². The quantitative estimate of drug-likeness (QED) is 0.610. The second-order valence-corrected chi connectivity index (χ2v) is 7.23. The van der Waals surface area contributed by atoms with Crippen LogP contribution >= 0.6 is 22.9 Å². The Morgan fingerprint density at radius 2 is 1.88 bits per heavy atom. The summed E-state index contributed by atoms with van der Waals surface area (Å²) < 4.78 is 6.17. The molecule has 7 heteroatoms. The summed E-state index contributed by atoms with van der Waals surface area (Å²) in [6, 6.07) is 14.2. The summed E-state index contributed by atoms with van der Waals surface area (Å²) >= 11 is 7.51. The lowest BCUT2D eigenvalue weighted by Crippen LogP contribution is -2.33. The van der Waals surface area contributed by atoms with Crippen molar-refractivity contribution in [3.05, 3.63) is 64.1 Å². The number of para-hydroxylation sites is 1. The minimum Gasteiger partial charge on any atom is -0.452 e. The molecule has 0 radical (unpaired) electrons. The van der Waals surface area contributed by atoms with Crippen LogP contribution in [0, 0.1) is 0 Å². The van der Waals surface area contributed by atoms with Crippen molar-refractivity contribution in [2.75, 3.05) is 13.7 Å². The van der Waals surface area contributed by atoms with Gasteiger partial charge in [0.05, 0.1) is 26.8 Å². The van der Waals surface area contributed by atoms with Gasteiger partial charge in [-0.15, -0.1) is 11.3 Å². The highest BCUT2D eigenvalue weighted by Crippen LogP contribution is 2.28. The Labute approximate surface area is 160 Å². The number of ether oxygens (including phenoxy) is 1. The molecule has 0 aliphatic carbocycles. The second kappa shape index (κ2) is 7.85. The summed E-state index contributed by atoms with van der Waals surface area (Å²) in [7, 11) is 1.67. The monoisotopic (exact) mass is 388 g/mol. The zero-order valence-corrected chi connectivity index (χ0v) is 15.9. The van der Waals surface area contributed by atoms with Gasteiger partial charge >= 0.3 is 5.97 Å². The number of esters is 1. The number of benzene rings is 2. The number of amides is 1. The smallest absolute Gasteiger partial charge is 0.340 e. The van der Waals surface area contributed by atoms with Crippen LogP contribution in [0.4, 0.5) is 0 Å². The minimum absolute atomic E-state index is 0.223. The second-order valence-electron chi connectivity index (χ2n) is 5.76. The molecule has 0 unspecified atom stereocenters. The van der Waals surface area contributed by atoms with Crippen molar-refractivity contribution < 1.29 is 14.3 Å². The fourth-order valence-electron chi connectivity index (χ4n) is 2.38. The predicted octanol–water partition coefficient (Wildman–Crippen LogP) is 4.33. The van der Waals surface area contributed by atoms with E-state index in [0.29, 0.717) is 5.02 Å². The Morgan fingerprint density at radius 3 is 2.62 bits per heavy atom. The molecule has 5 nitrogen and oxygen atoms in total. The first kappa shape index (κ1) is 18.4. The molecule has 2 aromatic carbocycles. The van der Waals surface area contributed by atoms with E-state index < -0.39 is 5.97 Å². The van der Waals surface area contributed by atoms with Gasteiger partial charge in [-0.05, 0) is 31.2 Å². The molecule has 1 aromatic heterocycles. The first-order chi connectivity index (χ1) is 12.5. The van der Waals surface area contributed by atoms with Crippen molar-refractivity contribution in [2.45, 2.75) is 13.0 Å². The highest BCUT2D eigenvalue weighted by atomic mass is 35.5.